The van der Waals surface area contributed by atoms with Gasteiger partial charge in [0, 0.05) is 25.7 Å². The van der Waals surface area contributed by atoms with E-state index in [1.807, 2.05) is 23.1 Å². The van der Waals surface area contributed by atoms with Gasteiger partial charge >= 0.3 is 7.05 Å². The molecule has 1 spiro atoms. The Morgan fingerprint density at radius 3 is 2.82 bits per heavy atom. The molecule has 1 N–H and O–H groups in total. The summed E-state index contributed by atoms with van der Waals surface area (Å²) in [6.07, 6.45) is 2.69. The second kappa shape index (κ2) is 6.57. The van der Waals surface area contributed by atoms with Gasteiger partial charge < -0.3 is 14.6 Å². The number of benzene rings is 1. The molecule has 28 heavy (non-hydrogen) atoms. The summed E-state index contributed by atoms with van der Waals surface area (Å²) in [6, 6.07) is 10.4. The normalized spacial score (nSPS) is 25.5. The van der Waals surface area contributed by atoms with Crippen molar-refractivity contribution in [3.8, 4) is 0 Å². The molecular weight excluding hydrogens is 393 g/mol. The van der Waals surface area contributed by atoms with Crippen molar-refractivity contribution >= 4 is 36.3 Å². The van der Waals surface area contributed by atoms with E-state index in [4.69, 9.17) is 20.7 Å². The van der Waals surface area contributed by atoms with Gasteiger partial charge in [0.2, 0.25) is 0 Å². The monoisotopic (exact) mass is 413 g/mol. The van der Waals surface area contributed by atoms with Crippen molar-refractivity contribution in [1.82, 2.24) is 9.79 Å². The average molecular weight is 414 g/mol. The van der Waals surface area contributed by atoms with Crippen LogP contribution < -0.4 is 0 Å². The predicted molar refractivity (Wildman–Crippen MR) is 114 cm³/mol. The van der Waals surface area contributed by atoms with Crippen LogP contribution in [0.5, 0.6) is 0 Å². The summed E-state index contributed by atoms with van der Waals surface area (Å²) in [6.45, 7) is 6.11. The van der Waals surface area contributed by atoms with Gasteiger partial charge in [0.25, 0.3) is 0 Å². The van der Waals surface area contributed by atoms with Crippen LogP contribution in [0.4, 0.5) is 0 Å². The van der Waals surface area contributed by atoms with Crippen LogP contribution in [0.25, 0.3) is 0 Å². The first kappa shape index (κ1) is 18.6. The fraction of sp³-hybridized carbons (Fsp3) is 0.400. The number of fused-ring (bicyclic) bond motifs is 2. The van der Waals surface area contributed by atoms with Crippen LogP contribution in [0.15, 0.2) is 40.9 Å². The van der Waals surface area contributed by atoms with Crippen LogP contribution in [0.1, 0.15) is 35.6 Å². The smallest absolute Gasteiger partial charge is 0.376 e. The van der Waals surface area contributed by atoms with Crippen LogP contribution in [-0.4, -0.2) is 40.7 Å². The molecule has 8 heteroatoms. The lowest BCUT2D eigenvalue weighted by Gasteiger charge is -2.48. The Balaban J connectivity index is 1.36. The Bertz CT molecular complexity index is 962. The highest BCUT2D eigenvalue weighted by molar-refractivity contribution is 7.99. The summed E-state index contributed by atoms with van der Waals surface area (Å²) in [4.78, 5) is 6.25. The van der Waals surface area contributed by atoms with E-state index in [0.29, 0.717) is 11.8 Å². The van der Waals surface area contributed by atoms with Gasteiger partial charge in [-0.2, -0.15) is 0 Å². The van der Waals surface area contributed by atoms with E-state index >= 15 is 0 Å². The van der Waals surface area contributed by atoms with Gasteiger partial charge in [0.05, 0.1) is 17.1 Å². The molecule has 1 atom stereocenters. The molecule has 1 aromatic heterocycles. The van der Waals surface area contributed by atoms with E-state index in [1.165, 1.54) is 11.1 Å². The lowest BCUT2D eigenvalue weighted by atomic mass is 9.73. The molecule has 2 aromatic rings. The van der Waals surface area contributed by atoms with Crippen LogP contribution in [-0.2, 0) is 21.7 Å². The van der Waals surface area contributed by atoms with E-state index in [1.54, 1.807) is 18.8 Å². The third kappa shape index (κ3) is 2.92. The second-order valence-electron chi connectivity index (χ2n) is 8.10. The molecule has 144 valence electrons. The number of hydrogen-bond donors (Lipinski definition) is 1. The molecule has 4 heterocycles. The molecule has 0 saturated carbocycles. The molecular formula is C20H21BClN3O2S. The lowest BCUT2D eigenvalue weighted by Crippen LogP contribution is -2.63. The highest BCUT2D eigenvalue weighted by Gasteiger charge is 2.51. The molecule has 1 fully saturated rings. The largest absolute Gasteiger partial charge is 0.437 e. The molecule has 5 nitrogen and oxygen atoms in total. The predicted octanol–water partition coefficient (Wildman–Crippen LogP) is 3.64. The molecule has 1 saturated heterocycles. The summed E-state index contributed by atoms with van der Waals surface area (Å²) in [5.74, 6) is 0. The summed E-state index contributed by atoms with van der Waals surface area (Å²) in [5.41, 5.74) is 5.63. The molecule has 0 aliphatic carbocycles. The maximum atomic E-state index is 9.75. The zero-order valence-electron chi connectivity index (χ0n) is 15.9. The number of nitrogens with zero attached hydrogens (tertiary/aromatic N) is 3. The Hall–Kier alpha value is -1.38. The van der Waals surface area contributed by atoms with Crippen molar-refractivity contribution in [1.29, 1.82) is 0 Å². The molecule has 5 rings (SSSR count). The van der Waals surface area contributed by atoms with Gasteiger partial charge in [-0.05, 0) is 60.1 Å². The van der Waals surface area contributed by atoms with Crippen LogP contribution in [0.2, 0.25) is 12.0 Å². The fourth-order valence-corrected chi connectivity index (χ4v) is 5.33. The minimum atomic E-state index is -0.428. The van der Waals surface area contributed by atoms with Crippen LogP contribution in [0.3, 0.4) is 0 Å². The molecule has 0 radical (unpaired) electrons. The van der Waals surface area contributed by atoms with Gasteiger partial charge in [0.1, 0.15) is 10.8 Å². The number of hydrogen-bond acceptors (Lipinski definition) is 6. The third-order valence-corrected chi connectivity index (χ3v) is 7.40. The minimum Gasteiger partial charge on any atom is -0.437 e. The molecule has 0 amide bonds. The van der Waals surface area contributed by atoms with Gasteiger partial charge in [-0.3, -0.25) is 0 Å². The molecule has 1 unspecified atom stereocenters. The zero-order chi connectivity index (χ0) is 19.5. The highest BCUT2D eigenvalue weighted by Crippen LogP contribution is 2.48. The van der Waals surface area contributed by atoms with E-state index < -0.39 is 7.05 Å². The Kier molecular flexibility index (Phi) is 4.38. The summed E-state index contributed by atoms with van der Waals surface area (Å²) < 4.78 is 10.8. The molecule has 1 aromatic carbocycles. The second-order valence-corrected chi connectivity index (χ2v) is 9.75. The molecule has 0 bridgehead atoms. The highest BCUT2D eigenvalue weighted by atomic mass is 35.5. The summed E-state index contributed by atoms with van der Waals surface area (Å²) in [5, 5.41) is 10.3. The van der Waals surface area contributed by atoms with E-state index in [9.17, 15) is 5.02 Å². The number of halogens is 1. The van der Waals surface area contributed by atoms with E-state index in [0.717, 1.165) is 36.3 Å². The van der Waals surface area contributed by atoms with Crippen molar-refractivity contribution in [3.05, 3.63) is 63.9 Å². The standard InChI is InChI=1S/C20H21BClN3O2S/c1-19(15-4-6-18(22)23-9-15)8-17(24-28-19)13-3-5-16-14(7-13)10-27-20(16)11-25(12-20)21(2)26/h3-7,9,26H,8,10-12H2,1-2H3. The zero-order valence-corrected chi connectivity index (χ0v) is 17.4. The Morgan fingerprint density at radius 1 is 1.29 bits per heavy atom. The molecule has 3 aliphatic heterocycles. The van der Waals surface area contributed by atoms with E-state index in [-0.39, 0.29) is 10.3 Å². The number of rotatable bonds is 3. The Morgan fingerprint density at radius 2 is 2.11 bits per heavy atom. The van der Waals surface area contributed by atoms with Gasteiger partial charge in [-0.1, -0.05) is 29.8 Å². The number of ether oxygens (including phenoxy) is 1. The first-order chi connectivity index (χ1) is 13.4. The molecule has 3 aliphatic rings. The lowest BCUT2D eigenvalue weighted by molar-refractivity contribution is -0.118. The minimum absolute atomic E-state index is 0.130. The maximum absolute atomic E-state index is 9.75. The van der Waals surface area contributed by atoms with Gasteiger partial charge in [-0.25, -0.2) is 9.38 Å². The van der Waals surface area contributed by atoms with Crippen molar-refractivity contribution < 1.29 is 9.76 Å². The first-order valence-corrected chi connectivity index (χ1v) is 10.6. The van der Waals surface area contributed by atoms with E-state index in [2.05, 4.69) is 30.1 Å². The van der Waals surface area contributed by atoms with Crippen molar-refractivity contribution in [2.75, 3.05) is 13.1 Å². The van der Waals surface area contributed by atoms with Crippen molar-refractivity contribution in [3.63, 3.8) is 0 Å². The maximum Gasteiger partial charge on any atom is 0.376 e. The fourth-order valence-electron chi connectivity index (χ4n) is 4.30. The summed E-state index contributed by atoms with van der Waals surface area (Å²) in [7, 11) is -0.428. The SMILES string of the molecule is CB(O)N1CC2(C1)OCc1cc(C3=NSC(C)(c4ccc(Cl)nc4)C3)ccc12. The van der Waals surface area contributed by atoms with Gasteiger partial charge in [0.15, 0.2) is 0 Å². The van der Waals surface area contributed by atoms with Gasteiger partial charge in [-0.15, -0.1) is 0 Å². The number of aromatic nitrogens is 1. The topological polar surface area (TPSA) is 58.0 Å². The Labute approximate surface area is 174 Å². The van der Waals surface area contributed by atoms with Crippen LogP contribution >= 0.6 is 23.5 Å². The average Bonchev–Trinajstić information content (AvgIpc) is 3.22. The number of pyridine rings is 1. The summed E-state index contributed by atoms with van der Waals surface area (Å²) >= 11 is 7.53. The van der Waals surface area contributed by atoms with Crippen molar-refractivity contribution in [2.24, 2.45) is 4.40 Å². The third-order valence-electron chi connectivity index (χ3n) is 6.08. The van der Waals surface area contributed by atoms with Crippen LogP contribution in [0, 0.1) is 0 Å². The quantitative estimate of drug-likeness (QED) is 0.473. The first-order valence-electron chi connectivity index (χ1n) is 9.46. The van der Waals surface area contributed by atoms with Crippen molar-refractivity contribution in [2.45, 2.75) is 37.1 Å².